The summed E-state index contributed by atoms with van der Waals surface area (Å²) in [4.78, 5) is 7.08. The third kappa shape index (κ3) is 1.88. The third-order valence-corrected chi connectivity index (χ3v) is 4.86. The molecule has 20 heavy (non-hydrogen) atoms. The molecule has 0 aliphatic carbocycles. The maximum absolute atomic E-state index is 9.67. The van der Waals surface area contributed by atoms with E-state index in [0.717, 1.165) is 28.7 Å². The molecule has 4 heteroatoms. The van der Waals surface area contributed by atoms with Gasteiger partial charge in [0.2, 0.25) is 0 Å². The van der Waals surface area contributed by atoms with Gasteiger partial charge in [0.15, 0.2) is 5.17 Å². The number of aliphatic imine (C=N–C) groups is 1. The Labute approximate surface area is 122 Å². The van der Waals surface area contributed by atoms with E-state index in [9.17, 15) is 5.11 Å². The van der Waals surface area contributed by atoms with Crippen LogP contribution in [0.4, 0.5) is 5.69 Å². The predicted molar refractivity (Wildman–Crippen MR) is 82.4 cm³/mol. The van der Waals surface area contributed by atoms with Crippen LogP contribution in [0, 0.1) is 0 Å². The summed E-state index contributed by atoms with van der Waals surface area (Å²) in [6.07, 6.45) is 0. The number of rotatable bonds is 1. The summed E-state index contributed by atoms with van der Waals surface area (Å²) in [6, 6.07) is 16.1. The Morgan fingerprint density at radius 3 is 2.95 bits per heavy atom. The number of para-hydroxylation sites is 1. The number of thioether (sulfide) groups is 1. The van der Waals surface area contributed by atoms with Crippen molar-refractivity contribution in [1.82, 2.24) is 4.90 Å². The standard InChI is InChI=1S/C16H14N2OS/c19-13-6-3-5-11(8-13)15-10-20-16-17-14-7-2-1-4-12(14)9-18(15)16/h1-8,15,19H,9-10H2. The lowest BCUT2D eigenvalue weighted by Crippen LogP contribution is -2.29. The zero-order valence-electron chi connectivity index (χ0n) is 10.9. The van der Waals surface area contributed by atoms with Crippen LogP contribution >= 0.6 is 11.8 Å². The Balaban J connectivity index is 1.71. The van der Waals surface area contributed by atoms with Gasteiger partial charge in [-0.3, -0.25) is 0 Å². The highest BCUT2D eigenvalue weighted by atomic mass is 32.2. The van der Waals surface area contributed by atoms with E-state index in [1.807, 2.05) is 18.2 Å². The molecule has 0 aromatic heterocycles. The Morgan fingerprint density at radius 2 is 2.05 bits per heavy atom. The zero-order chi connectivity index (χ0) is 13.5. The van der Waals surface area contributed by atoms with Crippen molar-refractivity contribution in [3.63, 3.8) is 0 Å². The second kappa shape index (κ2) is 4.56. The number of phenols is 1. The molecule has 2 aromatic rings. The van der Waals surface area contributed by atoms with Gasteiger partial charge in [-0.05, 0) is 29.3 Å². The topological polar surface area (TPSA) is 35.8 Å². The van der Waals surface area contributed by atoms with Crippen LogP contribution in [-0.4, -0.2) is 20.9 Å². The highest BCUT2D eigenvalue weighted by Crippen LogP contribution is 2.41. The number of phenolic OH excluding ortho intramolecular Hbond substituents is 1. The number of benzene rings is 2. The number of aromatic hydroxyl groups is 1. The van der Waals surface area contributed by atoms with E-state index < -0.39 is 0 Å². The van der Waals surface area contributed by atoms with Gasteiger partial charge >= 0.3 is 0 Å². The van der Waals surface area contributed by atoms with E-state index in [2.05, 4.69) is 29.2 Å². The number of fused-ring (bicyclic) bond motifs is 2. The van der Waals surface area contributed by atoms with Gasteiger partial charge in [-0.15, -0.1) is 0 Å². The molecular weight excluding hydrogens is 268 g/mol. The lowest BCUT2D eigenvalue weighted by atomic mass is 10.0. The minimum atomic E-state index is 0.291. The van der Waals surface area contributed by atoms with Gasteiger partial charge < -0.3 is 10.0 Å². The lowest BCUT2D eigenvalue weighted by molar-refractivity contribution is 0.346. The summed E-state index contributed by atoms with van der Waals surface area (Å²) in [7, 11) is 0. The molecule has 0 saturated carbocycles. The molecule has 3 nitrogen and oxygen atoms in total. The normalized spacial score (nSPS) is 20.3. The lowest BCUT2D eigenvalue weighted by Gasteiger charge is -2.29. The zero-order valence-corrected chi connectivity index (χ0v) is 11.7. The quantitative estimate of drug-likeness (QED) is 0.866. The van der Waals surface area contributed by atoms with Crippen LogP contribution in [0.15, 0.2) is 53.5 Å². The molecule has 2 aliphatic heterocycles. The van der Waals surface area contributed by atoms with Gasteiger partial charge in [-0.2, -0.15) is 0 Å². The van der Waals surface area contributed by atoms with Gasteiger partial charge in [-0.25, -0.2) is 4.99 Å². The van der Waals surface area contributed by atoms with Crippen LogP contribution in [0.1, 0.15) is 17.2 Å². The fourth-order valence-electron chi connectivity index (χ4n) is 2.78. The number of nitrogens with zero attached hydrogens (tertiary/aromatic N) is 2. The fraction of sp³-hybridized carbons (Fsp3) is 0.188. The summed E-state index contributed by atoms with van der Waals surface area (Å²) in [5, 5.41) is 10.8. The highest BCUT2D eigenvalue weighted by Gasteiger charge is 2.34. The Bertz CT molecular complexity index is 698. The molecule has 1 N–H and O–H groups in total. The van der Waals surface area contributed by atoms with Crippen LogP contribution in [-0.2, 0) is 6.54 Å². The van der Waals surface area contributed by atoms with Crippen molar-refractivity contribution in [2.24, 2.45) is 4.99 Å². The number of hydrogen-bond acceptors (Lipinski definition) is 4. The van der Waals surface area contributed by atoms with E-state index in [1.165, 1.54) is 5.56 Å². The summed E-state index contributed by atoms with van der Waals surface area (Å²) in [5.41, 5.74) is 3.51. The first-order valence-corrected chi connectivity index (χ1v) is 7.65. The largest absolute Gasteiger partial charge is 0.508 e. The summed E-state index contributed by atoms with van der Waals surface area (Å²) < 4.78 is 0. The van der Waals surface area contributed by atoms with E-state index in [-0.39, 0.29) is 0 Å². The average molecular weight is 282 g/mol. The van der Waals surface area contributed by atoms with Gasteiger partial charge in [0.1, 0.15) is 5.75 Å². The predicted octanol–water partition coefficient (Wildman–Crippen LogP) is 3.68. The molecule has 0 radical (unpaired) electrons. The van der Waals surface area contributed by atoms with E-state index in [1.54, 1.807) is 17.8 Å². The second-order valence-electron chi connectivity index (χ2n) is 5.07. The van der Waals surface area contributed by atoms with Crippen molar-refractivity contribution in [2.75, 3.05) is 5.75 Å². The first kappa shape index (κ1) is 11.9. The van der Waals surface area contributed by atoms with Gasteiger partial charge in [-0.1, -0.05) is 42.1 Å². The summed E-state index contributed by atoms with van der Waals surface area (Å²) in [5.74, 6) is 1.31. The third-order valence-electron chi connectivity index (χ3n) is 3.80. The average Bonchev–Trinajstić information content (AvgIpc) is 2.87. The van der Waals surface area contributed by atoms with Crippen molar-refractivity contribution >= 4 is 22.6 Å². The molecule has 4 rings (SSSR count). The SMILES string of the molecule is Oc1cccc(C2CSC3=Nc4ccccc4CN32)c1. The summed E-state index contributed by atoms with van der Waals surface area (Å²) >= 11 is 1.79. The molecule has 1 saturated heterocycles. The molecular formula is C16H14N2OS. The first-order valence-electron chi connectivity index (χ1n) is 6.66. The molecule has 0 amide bonds. The second-order valence-corrected chi connectivity index (χ2v) is 6.06. The van der Waals surface area contributed by atoms with Crippen LogP contribution in [0.25, 0.3) is 0 Å². The van der Waals surface area contributed by atoms with Crippen molar-refractivity contribution in [3.8, 4) is 5.75 Å². The van der Waals surface area contributed by atoms with Crippen molar-refractivity contribution in [1.29, 1.82) is 0 Å². The molecule has 0 bridgehead atoms. The molecule has 1 fully saturated rings. The summed E-state index contributed by atoms with van der Waals surface area (Å²) in [6.45, 7) is 0.891. The minimum absolute atomic E-state index is 0.291. The van der Waals surface area contributed by atoms with E-state index in [0.29, 0.717) is 11.8 Å². The monoisotopic (exact) mass is 282 g/mol. The maximum atomic E-state index is 9.67. The number of hydrogen-bond donors (Lipinski definition) is 1. The van der Waals surface area contributed by atoms with Gasteiger partial charge in [0.25, 0.3) is 0 Å². The Morgan fingerprint density at radius 1 is 1.15 bits per heavy atom. The molecule has 2 heterocycles. The van der Waals surface area contributed by atoms with Gasteiger partial charge in [0.05, 0.1) is 11.7 Å². The highest BCUT2D eigenvalue weighted by molar-refractivity contribution is 8.14. The smallest absolute Gasteiger partial charge is 0.165 e. The fourth-order valence-corrected chi connectivity index (χ4v) is 3.98. The molecule has 2 aliphatic rings. The van der Waals surface area contributed by atoms with Crippen LogP contribution in [0.2, 0.25) is 0 Å². The van der Waals surface area contributed by atoms with E-state index >= 15 is 0 Å². The first-order chi connectivity index (χ1) is 9.81. The molecule has 1 atom stereocenters. The van der Waals surface area contributed by atoms with Crippen LogP contribution in [0.5, 0.6) is 5.75 Å². The number of amidine groups is 1. The van der Waals surface area contributed by atoms with Gasteiger partial charge in [0, 0.05) is 12.3 Å². The minimum Gasteiger partial charge on any atom is -0.508 e. The maximum Gasteiger partial charge on any atom is 0.165 e. The Hall–Kier alpha value is -1.94. The van der Waals surface area contributed by atoms with Crippen LogP contribution in [0.3, 0.4) is 0 Å². The molecule has 1 unspecified atom stereocenters. The van der Waals surface area contributed by atoms with Crippen molar-refractivity contribution in [3.05, 3.63) is 59.7 Å². The molecule has 2 aromatic carbocycles. The Kier molecular flexibility index (Phi) is 2.70. The van der Waals surface area contributed by atoms with Crippen LogP contribution < -0.4 is 0 Å². The van der Waals surface area contributed by atoms with Crippen molar-refractivity contribution in [2.45, 2.75) is 12.6 Å². The molecule has 0 spiro atoms. The van der Waals surface area contributed by atoms with E-state index in [4.69, 9.17) is 4.99 Å². The van der Waals surface area contributed by atoms with Crippen molar-refractivity contribution < 1.29 is 5.11 Å². The molecule has 100 valence electrons.